The van der Waals surface area contributed by atoms with E-state index in [1.807, 2.05) is 19.1 Å². The summed E-state index contributed by atoms with van der Waals surface area (Å²) in [7, 11) is 0. The van der Waals surface area contributed by atoms with E-state index in [4.69, 9.17) is 5.26 Å². The lowest BCUT2D eigenvalue weighted by Crippen LogP contribution is -1.97. The first-order valence-corrected chi connectivity index (χ1v) is 4.23. The minimum absolute atomic E-state index is 0.0563. The molecular formula is C11H11NO. The number of rotatable bonds is 2. The molecule has 2 heteroatoms. The zero-order valence-electron chi connectivity index (χ0n) is 7.79. The molecule has 0 heterocycles. The molecule has 2 nitrogen and oxygen atoms in total. The number of hydrogen-bond acceptors (Lipinski definition) is 2. The number of ketones is 1. The topological polar surface area (TPSA) is 40.9 Å². The molecule has 0 N–H and O–H groups in total. The number of benzene rings is 1. The zero-order valence-corrected chi connectivity index (χ0v) is 7.79. The molecule has 0 aromatic heterocycles. The molecule has 0 aliphatic rings. The number of aryl methyl sites for hydroxylation is 1. The van der Waals surface area contributed by atoms with E-state index in [1.165, 1.54) is 6.92 Å². The molecule has 0 aliphatic heterocycles. The van der Waals surface area contributed by atoms with Gasteiger partial charge in [0.05, 0.1) is 11.6 Å². The van der Waals surface area contributed by atoms with Crippen LogP contribution in [0.25, 0.3) is 0 Å². The first-order chi connectivity index (χ1) is 6.19. The van der Waals surface area contributed by atoms with E-state index in [0.29, 0.717) is 11.1 Å². The Labute approximate surface area is 77.8 Å². The van der Waals surface area contributed by atoms with E-state index in [-0.39, 0.29) is 5.78 Å². The predicted octanol–water partition coefficient (Wildman–Crippen LogP) is 2.32. The van der Waals surface area contributed by atoms with Crippen molar-refractivity contribution in [2.24, 2.45) is 0 Å². The normalized spacial score (nSPS) is 9.31. The molecule has 0 aliphatic carbocycles. The number of nitriles is 1. The van der Waals surface area contributed by atoms with Gasteiger partial charge in [-0.2, -0.15) is 5.26 Å². The van der Waals surface area contributed by atoms with Crippen molar-refractivity contribution in [1.82, 2.24) is 0 Å². The summed E-state index contributed by atoms with van der Waals surface area (Å²) in [5, 5.41) is 8.79. The van der Waals surface area contributed by atoms with Crippen molar-refractivity contribution in [3.05, 3.63) is 34.9 Å². The molecule has 0 unspecified atom stereocenters. The first kappa shape index (κ1) is 9.47. The van der Waals surface area contributed by atoms with E-state index in [1.54, 1.807) is 12.1 Å². The summed E-state index contributed by atoms with van der Waals surface area (Å²) >= 11 is 0. The predicted molar refractivity (Wildman–Crippen MR) is 50.5 cm³/mol. The van der Waals surface area contributed by atoms with Gasteiger partial charge in [0.2, 0.25) is 0 Å². The zero-order chi connectivity index (χ0) is 9.84. The van der Waals surface area contributed by atoms with Gasteiger partial charge in [-0.05, 0) is 31.0 Å². The molecule has 0 radical (unpaired) electrons. The SMILES string of the molecule is CCc1ccc(C(C)=O)c(C#N)c1. The lowest BCUT2D eigenvalue weighted by atomic mass is 10.0. The van der Waals surface area contributed by atoms with Crippen molar-refractivity contribution in [1.29, 1.82) is 5.26 Å². The fraction of sp³-hybridized carbons (Fsp3) is 0.273. The Bertz CT molecular complexity index is 374. The highest BCUT2D eigenvalue weighted by Gasteiger charge is 2.06. The molecule has 0 spiro atoms. The average molecular weight is 173 g/mol. The molecule has 0 amide bonds. The van der Waals surface area contributed by atoms with Crippen LogP contribution < -0.4 is 0 Å². The minimum Gasteiger partial charge on any atom is -0.294 e. The van der Waals surface area contributed by atoms with Crippen LogP contribution in [0.3, 0.4) is 0 Å². The first-order valence-electron chi connectivity index (χ1n) is 4.23. The molecule has 0 bridgehead atoms. The quantitative estimate of drug-likeness (QED) is 0.644. The maximum Gasteiger partial charge on any atom is 0.161 e. The van der Waals surface area contributed by atoms with E-state index in [0.717, 1.165) is 12.0 Å². The standard InChI is InChI=1S/C11H11NO/c1-3-9-4-5-11(8(2)13)10(6-9)7-12/h4-6H,3H2,1-2H3. The van der Waals surface area contributed by atoms with E-state index >= 15 is 0 Å². The summed E-state index contributed by atoms with van der Waals surface area (Å²) < 4.78 is 0. The lowest BCUT2D eigenvalue weighted by Gasteiger charge is -2.01. The van der Waals surface area contributed by atoms with Gasteiger partial charge in [0.15, 0.2) is 5.78 Å². The van der Waals surface area contributed by atoms with Crippen LogP contribution in [0.1, 0.15) is 35.3 Å². The van der Waals surface area contributed by atoms with Crippen LogP contribution in [0.15, 0.2) is 18.2 Å². The molecule has 0 saturated carbocycles. The fourth-order valence-corrected chi connectivity index (χ4v) is 1.21. The molecule has 0 fully saturated rings. The largest absolute Gasteiger partial charge is 0.294 e. The second-order valence-corrected chi connectivity index (χ2v) is 2.90. The van der Waals surface area contributed by atoms with E-state index in [9.17, 15) is 4.79 Å². The van der Waals surface area contributed by atoms with Gasteiger partial charge >= 0.3 is 0 Å². The highest BCUT2D eigenvalue weighted by Crippen LogP contribution is 2.12. The van der Waals surface area contributed by atoms with Crippen LogP contribution in [0, 0.1) is 11.3 Å². The fourth-order valence-electron chi connectivity index (χ4n) is 1.21. The smallest absolute Gasteiger partial charge is 0.161 e. The summed E-state index contributed by atoms with van der Waals surface area (Å²) in [5.74, 6) is -0.0563. The van der Waals surface area contributed by atoms with Crippen molar-refractivity contribution >= 4 is 5.78 Å². The molecule has 0 atom stereocenters. The number of nitrogens with zero attached hydrogens (tertiary/aromatic N) is 1. The van der Waals surface area contributed by atoms with Crippen LogP contribution in [-0.4, -0.2) is 5.78 Å². The van der Waals surface area contributed by atoms with Gasteiger partial charge in [0.25, 0.3) is 0 Å². The van der Waals surface area contributed by atoms with Crippen LogP contribution in [0.4, 0.5) is 0 Å². The van der Waals surface area contributed by atoms with Crippen molar-refractivity contribution in [3.8, 4) is 6.07 Å². The number of hydrogen-bond donors (Lipinski definition) is 0. The van der Waals surface area contributed by atoms with Gasteiger partial charge in [-0.1, -0.05) is 13.0 Å². The summed E-state index contributed by atoms with van der Waals surface area (Å²) in [6, 6.07) is 7.41. The Kier molecular flexibility index (Phi) is 2.81. The van der Waals surface area contributed by atoms with Crippen LogP contribution in [0.5, 0.6) is 0 Å². The average Bonchev–Trinajstić information content (AvgIpc) is 2.16. The van der Waals surface area contributed by atoms with Crippen molar-refractivity contribution in [2.75, 3.05) is 0 Å². The Morgan fingerprint density at radius 2 is 2.23 bits per heavy atom. The highest BCUT2D eigenvalue weighted by atomic mass is 16.1. The minimum atomic E-state index is -0.0563. The number of Topliss-reactive ketones (excluding diaryl/α,β-unsaturated/α-hetero) is 1. The summed E-state index contributed by atoms with van der Waals surface area (Å²) in [5.41, 5.74) is 2.08. The highest BCUT2D eigenvalue weighted by molar-refractivity contribution is 5.96. The Morgan fingerprint density at radius 1 is 1.54 bits per heavy atom. The van der Waals surface area contributed by atoms with Gasteiger partial charge in [-0.15, -0.1) is 0 Å². The number of carbonyl (C=O) groups excluding carboxylic acids is 1. The third-order valence-corrected chi connectivity index (χ3v) is 1.99. The van der Waals surface area contributed by atoms with Crippen LogP contribution in [-0.2, 0) is 6.42 Å². The molecule has 13 heavy (non-hydrogen) atoms. The Balaban J connectivity index is 3.26. The third-order valence-electron chi connectivity index (χ3n) is 1.99. The Hall–Kier alpha value is -1.62. The second-order valence-electron chi connectivity index (χ2n) is 2.90. The molecule has 1 aromatic rings. The van der Waals surface area contributed by atoms with Crippen molar-refractivity contribution < 1.29 is 4.79 Å². The van der Waals surface area contributed by atoms with Gasteiger partial charge in [0, 0.05) is 5.56 Å². The van der Waals surface area contributed by atoms with E-state index < -0.39 is 0 Å². The van der Waals surface area contributed by atoms with Crippen molar-refractivity contribution in [3.63, 3.8) is 0 Å². The summed E-state index contributed by atoms with van der Waals surface area (Å²) in [6.07, 6.45) is 0.882. The monoisotopic (exact) mass is 173 g/mol. The van der Waals surface area contributed by atoms with Gasteiger partial charge in [-0.3, -0.25) is 4.79 Å². The van der Waals surface area contributed by atoms with Crippen LogP contribution >= 0.6 is 0 Å². The molecule has 1 rings (SSSR count). The van der Waals surface area contributed by atoms with Gasteiger partial charge in [0.1, 0.15) is 0 Å². The van der Waals surface area contributed by atoms with Gasteiger partial charge in [-0.25, -0.2) is 0 Å². The van der Waals surface area contributed by atoms with Crippen molar-refractivity contribution in [2.45, 2.75) is 20.3 Å². The molecule has 0 saturated heterocycles. The molecular weight excluding hydrogens is 162 g/mol. The molecule has 1 aromatic carbocycles. The summed E-state index contributed by atoms with van der Waals surface area (Å²) in [4.78, 5) is 11.1. The van der Waals surface area contributed by atoms with E-state index in [2.05, 4.69) is 0 Å². The maximum atomic E-state index is 11.1. The van der Waals surface area contributed by atoms with Crippen LogP contribution in [0.2, 0.25) is 0 Å². The number of carbonyl (C=O) groups is 1. The van der Waals surface area contributed by atoms with Gasteiger partial charge < -0.3 is 0 Å². The molecule has 66 valence electrons. The second kappa shape index (κ2) is 3.86. The maximum absolute atomic E-state index is 11.1. The Morgan fingerprint density at radius 3 is 2.69 bits per heavy atom. The third kappa shape index (κ3) is 1.94. The lowest BCUT2D eigenvalue weighted by molar-refractivity contribution is 0.101. The summed E-state index contributed by atoms with van der Waals surface area (Å²) in [6.45, 7) is 3.49.